The van der Waals surface area contributed by atoms with Gasteiger partial charge < -0.3 is 10.1 Å². The normalized spacial score (nSPS) is 14.5. The molecule has 2 unspecified atom stereocenters. The van der Waals surface area contributed by atoms with E-state index in [9.17, 15) is 0 Å². The van der Waals surface area contributed by atoms with Crippen LogP contribution in [0.4, 0.5) is 0 Å². The van der Waals surface area contributed by atoms with E-state index in [0.717, 1.165) is 31.1 Å². The van der Waals surface area contributed by atoms with Crippen LogP contribution < -0.4 is 5.32 Å². The second-order valence-corrected chi connectivity index (χ2v) is 6.51. The predicted octanol–water partition coefficient (Wildman–Crippen LogP) is 4.03. The summed E-state index contributed by atoms with van der Waals surface area (Å²) in [6, 6.07) is 8.18. The zero-order chi connectivity index (χ0) is 15.0. The quantitative estimate of drug-likeness (QED) is 0.743. The zero-order valence-electron chi connectivity index (χ0n) is 13.2. The van der Waals surface area contributed by atoms with Crippen LogP contribution in [0.3, 0.4) is 0 Å². The van der Waals surface area contributed by atoms with Gasteiger partial charge in [0, 0.05) is 18.7 Å². The van der Waals surface area contributed by atoms with E-state index in [2.05, 4.69) is 38.2 Å². The Morgan fingerprint density at radius 3 is 2.30 bits per heavy atom. The molecule has 0 aromatic heterocycles. The van der Waals surface area contributed by atoms with Gasteiger partial charge in [0.1, 0.15) is 0 Å². The molecule has 2 nitrogen and oxygen atoms in total. The van der Waals surface area contributed by atoms with Gasteiger partial charge in [-0.1, -0.05) is 44.5 Å². The van der Waals surface area contributed by atoms with E-state index >= 15 is 0 Å². The van der Waals surface area contributed by atoms with E-state index in [4.69, 9.17) is 16.3 Å². The van der Waals surface area contributed by atoms with E-state index in [1.807, 2.05) is 12.1 Å². The molecule has 3 heteroatoms. The van der Waals surface area contributed by atoms with Crippen molar-refractivity contribution < 1.29 is 4.74 Å². The number of ether oxygens (including phenoxy) is 1. The monoisotopic (exact) mass is 297 g/mol. The fourth-order valence-corrected chi connectivity index (χ4v) is 2.48. The molecule has 114 valence electrons. The van der Waals surface area contributed by atoms with Gasteiger partial charge >= 0.3 is 0 Å². The molecule has 0 radical (unpaired) electrons. The van der Waals surface area contributed by atoms with Gasteiger partial charge in [-0.3, -0.25) is 0 Å². The molecule has 0 heterocycles. The van der Waals surface area contributed by atoms with Crippen LogP contribution in [0.15, 0.2) is 24.3 Å². The van der Waals surface area contributed by atoms with E-state index in [0.29, 0.717) is 17.8 Å². The van der Waals surface area contributed by atoms with Gasteiger partial charge in [0.05, 0.1) is 0 Å². The molecule has 0 spiro atoms. The molecule has 1 rings (SSSR count). The SMILES string of the molecule is COCC(C)C(CNCC(C)C)Cc1ccc(Cl)cc1. The third-order valence-corrected chi connectivity index (χ3v) is 3.86. The summed E-state index contributed by atoms with van der Waals surface area (Å²) in [5.41, 5.74) is 1.34. The Bertz CT molecular complexity index is 364. The highest BCUT2D eigenvalue weighted by Gasteiger charge is 2.17. The topological polar surface area (TPSA) is 21.3 Å². The Morgan fingerprint density at radius 1 is 1.10 bits per heavy atom. The molecule has 2 atom stereocenters. The summed E-state index contributed by atoms with van der Waals surface area (Å²) in [5, 5.41) is 4.37. The molecule has 0 bridgehead atoms. The molecule has 0 fully saturated rings. The van der Waals surface area contributed by atoms with Crippen LogP contribution in [0, 0.1) is 17.8 Å². The van der Waals surface area contributed by atoms with Gasteiger partial charge in [0.15, 0.2) is 0 Å². The molecule has 0 aliphatic heterocycles. The minimum Gasteiger partial charge on any atom is -0.384 e. The molecule has 1 N–H and O–H groups in total. The molecule has 1 aromatic carbocycles. The number of halogens is 1. The van der Waals surface area contributed by atoms with Gasteiger partial charge in [-0.15, -0.1) is 0 Å². The summed E-state index contributed by atoms with van der Waals surface area (Å²) >= 11 is 5.95. The summed E-state index contributed by atoms with van der Waals surface area (Å²) in [6.45, 7) is 9.64. The Kier molecular flexibility index (Phi) is 8.20. The minimum atomic E-state index is 0.537. The predicted molar refractivity (Wildman–Crippen MR) is 87.4 cm³/mol. The summed E-state index contributed by atoms with van der Waals surface area (Å²) in [4.78, 5) is 0. The van der Waals surface area contributed by atoms with Crippen LogP contribution in [0.5, 0.6) is 0 Å². The Hall–Kier alpha value is -0.570. The van der Waals surface area contributed by atoms with E-state index in [-0.39, 0.29) is 0 Å². The lowest BCUT2D eigenvalue weighted by Gasteiger charge is -2.24. The summed E-state index contributed by atoms with van der Waals surface area (Å²) < 4.78 is 5.32. The van der Waals surface area contributed by atoms with E-state index in [1.165, 1.54) is 5.56 Å². The van der Waals surface area contributed by atoms with Crippen LogP contribution in [-0.2, 0) is 11.2 Å². The lowest BCUT2D eigenvalue weighted by molar-refractivity contribution is 0.128. The minimum absolute atomic E-state index is 0.537. The first-order valence-electron chi connectivity index (χ1n) is 7.47. The molecular formula is C17H28ClNO. The molecule has 1 aromatic rings. The highest BCUT2D eigenvalue weighted by molar-refractivity contribution is 6.30. The van der Waals surface area contributed by atoms with Crippen LogP contribution in [0.1, 0.15) is 26.3 Å². The van der Waals surface area contributed by atoms with Crippen molar-refractivity contribution in [3.8, 4) is 0 Å². The molecule has 0 amide bonds. The van der Waals surface area contributed by atoms with Gasteiger partial charge in [-0.05, 0) is 55.0 Å². The van der Waals surface area contributed by atoms with Crippen molar-refractivity contribution in [2.45, 2.75) is 27.2 Å². The van der Waals surface area contributed by atoms with Crippen molar-refractivity contribution >= 4 is 11.6 Å². The third-order valence-electron chi connectivity index (χ3n) is 3.60. The van der Waals surface area contributed by atoms with Crippen LogP contribution in [-0.4, -0.2) is 26.8 Å². The number of rotatable bonds is 9. The van der Waals surface area contributed by atoms with Crippen LogP contribution in [0.25, 0.3) is 0 Å². The Balaban J connectivity index is 2.58. The lowest BCUT2D eigenvalue weighted by Crippen LogP contribution is -2.32. The number of nitrogens with one attached hydrogen (secondary N) is 1. The van der Waals surface area contributed by atoms with Crippen molar-refractivity contribution in [2.24, 2.45) is 17.8 Å². The second kappa shape index (κ2) is 9.38. The smallest absolute Gasteiger partial charge is 0.0491 e. The molecule has 0 aliphatic rings. The Labute approximate surface area is 128 Å². The van der Waals surface area contributed by atoms with Crippen LogP contribution in [0.2, 0.25) is 5.02 Å². The molecule has 0 aliphatic carbocycles. The number of hydrogen-bond acceptors (Lipinski definition) is 2. The van der Waals surface area contributed by atoms with Gasteiger partial charge in [0.2, 0.25) is 0 Å². The zero-order valence-corrected chi connectivity index (χ0v) is 13.9. The highest BCUT2D eigenvalue weighted by Crippen LogP contribution is 2.19. The van der Waals surface area contributed by atoms with Gasteiger partial charge in [-0.25, -0.2) is 0 Å². The maximum absolute atomic E-state index is 5.95. The number of hydrogen-bond donors (Lipinski definition) is 1. The first-order chi connectivity index (χ1) is 9.52. The lowest BCUT2D eigenvalue weighted by atomic mass is 9.88. The van der Waals surface area contributed by atoms with Crippen molar-refractivity contribution in [2.75, 3.05) is 26.8 Å². The van der Waals surface area contributed by atoms with Crippen molar-refractivity contribution in [3.05, 3.63) is 34.9 Å². The van der Waals surface area contributed by atoms with Crippen molar-refractivity contribution in [1.82, 2.24) is 5.32 Å². The standard InChI is InChI=1S/C17H28ClNO/c1-13(2)10-19-11-16(14(3)12-20-4)9-15-5-7-17(18)8-6-15/h5-8,13-14,16,19H,9-12H2,1-4H3. The Morgan fingerprint density at radius 2 is 1.75 bits per heavy atom. The summed E-state index contributed by atoms with van der Waals surface area (Å²) in [7, 11) is 1.78. The van der Waals surface area contributed by atoms with Gasteiger partial charge in [-0.2, -0.15) is 0 Å². The maximum Gasteiger partial charge on any atom is 0.0491 e. The van der Waals surface area contributed by atoms with E-state index < -0.39 is 0 Å². The first-order valence-corrected chi connectivity index (χ1v) is 7.84. The van der Waals surface area contributed by atoms with Crippen molar-refractivity contribution in [1.29, 1.82) is 0 Å². The van der Waals surface area contributed by atoms with Crippen molar-refractivity contribution in [3.63, 3.8) is 0 Å². The molecule has 20 heavy (non-hydrogen) atoms. The number of benzene rings is 1. The fourth-order valence-electron chi connectivity index (χ4n) is 2.35. The highest BCUT2D eigenvalue weighted by atomic mass is 35.5. The average molecular weight is 298 g/mol. The molecule has 0 saturated heterocycles. The second-order valence-electron chi connectivity index (χ2n) is 6.08. The van der Waals surface area contributed by atoms with E-state index in [1.54, 1.807) is 7.11 Å². The fraction of sp³-hybridized carbons (Fsp3) is 0.647. The average Bonchev–Trinajstić information content (AvgIpc) is 2.40. The number of methoxy groups -OCH3 is 1. The largest absolute Gasteiger partial charge is 0.384 e. The third kappa shape index (κ3) is 6.74. The molecular weight excluding hydrogens is 270 g/mol. The molecule has 0 saturated carbocycles. The first kappa shape index (κ1) is 17.5. The van der Waals surface area contributed by atoms with Gasteiger partial charge in [0.25, 0.3) is 0 Å². The summed E-state index contributed by atoms with van der Waals surface area (Å²) in [5.74, 6) is 1.80. The maximum atomic E-state index is 5.95. The van der Waals surface area contributed by atoms with Crippen LogP contribution >= 0.6 is 11.6 Å². The summed E-state index contributed by atoms with van der Waals surface area (Å²) in [6.07, 6.45) is 1.06.